The minimum absolute atomic E-state index is 0.404. The van der Waals surface area contributed by atoms with Gasteiger partial charge in [-0.3, -0.25) is 0 Å². The van der Waals surface area contributed by atoms with Gasteiger partial charge in [-0.15, -0.1) is 21.5 Å². The third-order valence-electron chi connectivity index (χ3n) is 3.38. The van der Waals surface area contributed by atoms with Crippen LogP contribution in [0.1, 0.15) is 6.04 Å². The summed E-state index contributed by atoms with van der Waals surface area (Å²) >= 11 is 1.63. The van der Waals surface area contributed by atoms with Gasteiger partial charge in [-0.2, -0.15) is 0 Å². The first-order valence-electron chi connectivity index (χ1n) is 6.39. The molecule has 4 rings (SSSR count). The summed E-state index contributed by atoms with van der Waals surface area (Å²) in [6.45, 7) is 1.89. The fourth-order valence-corrected chi connectivity index (χ4v) is 2.79. The van der Waals surface area contributed by atoms with Crippen molar-refractivity contribution < 1.29 is 0 Å². The number of hydrogen-bond donors (Lipinski definition) is 1. The van der Waals surface area contributed by atoms with Gasteiger partial charge in [0.05, 0.1) is 17.1 Å². The number of thiophene rings is 1. The Bertz CT molecular complexity index is 723. The zero-order valence-corrected chi connectivity index (χ0v) is 11.7. The van der Waals surface area contributed by atoms with Crippen LogP contribution in [0.5, 0.6) is 0 Å². The Morgan fingerprint density at radius 2 is 2.30 bits per heavy atom. The van der Waals surface area contributed by atoms with Crippen molar-refractivity contribution in [3.05, 3.63) is 23.7 Å². The van der Waals surface area contributed by atoms with Crippen LogP contribution in [0.25, 0.3) is 22.2 Å². The molecule has 1 saturated heterocycles. The Morgan fingerprint density at radius 1 is 1.40 bits per heavy atom. The van der Waals surface area contributed by atoms with Gasteiger partial charge < -0.3 is 5.32 Å². The molecule has 4 heterocycles. The lowest BCUT2D eigenvalue weighted by Crippen LogP contribution is -2.43. The second kappa shape index (κ2) is 4.50. The van der Waals surface area contributed by atoms with Crippen molar-refractivity contribution in [2.45, 2.75) is 6.04 Å². The van der Waals surface area contributed by atoms with E-state index in [1.807, 2.05) is 35.4 Å². The maximum absolute atomic E-state index is 4.57. The van der Waals surface area contributed by atoms with Gasteiger partial charge >= 0.3 is 0 Å². The van der Waals surface area contributed by atoms with Crippen molar-refractivity contribution in [2.75, 3.05) is 13.1 Å². The van der Waals surface area contributed by atoms with Crippen LogP contribution in [0.4, 0.5) is 0 Å². The average molecular weight is 287 g/mol. The molecule has 1 fully saturated rings. The average Bonchev–Trinajstić information content (AvgIpc) is 3.05. The highest BCUT2D eigenvalue weighted by Gasteiger charge is 2.22. The molecule has 0 aromatic carbocycles. The molecule has 0 bridgehead atoms. The van der Waals surface area contributed by atoms with E-state index < -0.39 is 0 Å². The minimum atomic E-state index is 0.404. The Hall–Kier alpha value is -2.06. The highest BCUT2D eigenvalue weighted by atomic mass is 32.1. The SMILES string of the molecule is Cn1nc(-c2cccs2)nc1-c1cn(C2CNC2)nn1. The first-order chi connectivity index (χ1) is 9.81. The number of nitrogens with zero attached hydrogens (tertiary/aromatic N) is 6. The summed E-state index contributed by atoms with van der Waals surface area (Å²) in [6, 6.07) is 4.41. The highest BCUT2D eigenvalue weighted by Crippen LogP contribution is 2.24. The summed E-state index contributed by atoms with van der Waals surface area (Å²) in [5.41, 5.74) is 0.759. The molecule has 8 heteroatoms. The van der Waals surface area contributed by atoms with Crippen LogP contribution < -0.4 is 5.32 Å². The van der Waals surface area contributed by atoms with E-state index in [-0.39, 0.29) is 0 Å². The second-order valence-corrected chi connectivity index (χ2v) is 5.70. The Labute approximate surface area is 119 Å². The molecule has 0 unspecified atom stereocenters. The summed E-state index contributed by atoms with van der Waals surface area (Å²) in [5.74, 6) is 1.48. The fraction of sp³-hybridized carbons (Fsp3) is 0.333. The molecule has 0 radical (unpaired) electrons. The third-order valence-corrected chi connectivity index (χ3v) is 4.24. The minimum Gasteiger partial charge on any atom is -0.312 e. The van der Waals surface area contributed by atoms with E-state index in [2.05, 4.69) is 25.7 Å². The highest BCUT2D eigenvalue weighted by molar-refractivity contribution is 7.13. The summed E-state index contributed by atoms with van der Waals surface area (Å²) in [7, 11) is 1.88. The van der Waals surface area contributed by atoms with Crippen molar-refractivity contribution in [2.24, 2.45) is 7.05 Å². The molecule has 1 aliphatic rings. The first-order valence-corrected chi connectivity index (χ1v) is 7.27. The summed E-state index contributed by atoms with van der Waals surface area (Å²) < 4.78 is 3.65. The third kappa shape index (κ3) is 1.84. The molecule has 1 N–H and O–H groups in total. The number of rotatable bonds is 3. The van der Waals surface area contributed by atoms with E-state index in [9.17, 15) is 0 Å². The van der Waals surface area contributed by atoms with E-state index in [1.54, 1.807) is 16.0 Å². The fourth-order valence-electron chi connectivity index (χ4n) is 2.14. The molecule has 0 saturated carbocycles. The molecule has 0 aliphatic carbocycles. The monoisotopic (exact) mass is 287 g/mol. The molecule has 7 nitrogen and oxygen atoms in total. The van der Waals surface area contributed by atoms with Crippen LogP contribution in [0, 0.1) is 0 Å². The molecular weight excluding hydrogens is 274 g/mol. The summed E-state index contributed by atoms with van der Waals surface area (Å²) in [5, 5.41) is 18.1. The van der Waals surface area contributed by atoms with Gasteiger partial charge in [0.2, 0.25) is 0 Å². The van der Waals surface area contributed by atoms with E-state index in [0.29, 0.717) is 6.04 Å². The molecule has 3 aromatic rings. The topological polar surface area (TPSA) is 73.5 Å². The van der Waals surface area contributed by atoms with Gasteiger partial charge in [0, 0.05) is 20.1 Å². The molecular formula is C12H13N7S. The van der Waals surface area contributed by atoms with Crippen LogP contribution in [-0.4, -0.2) is 42.8 Å². The predicted molar refractivity (Wildman–Crippen MR) is 75.2 cm³/mol. The van der Waals surface area contributed by atoms with Crippen molar-refractivity contribution in [3.8, 4) is 22.2 Å². The lowest BCUT2D eigenvalue weighted by atomic mass is 10.2. The van der Waals surface area contributed by atoms with E-state index in [0.717, 1.165) is 35.3 Å². The van der Waals surface area contributed by atoms with Crippen molar-refractivity contribution >= 4 is 11.3 Å². The van der Waals surface area contributed by atoms with E-state index >= 15 is 0 Å². The normalized spacial score (nSPS) is 15.4. The number of aryl methyl sites for hydroxylation is 1. The Kier molecular flexibility index (Phi) is 2.64. The van der Waals surface area contributed by atoms with Gasteiger partial charge in [0.15, 0.2) is 11.6 Å². The Balaban J connectivity index is 1.69. The number of nitrogens with one attached hydrogen (secondary N) is 1. The molecule has 102 valence electrons. The number of aromatic nitrogens is 6. The predicted octanol–water partition coefficient (Wildman–Crippen LogP) is 0.946. The quantitative estimate of drug-likeness (QED) is 0.776. The summed E-state index contributed by atoms with van der Waals surface area (Å²) in [6.07, 6.45) is 1.94. The molecule has 20 heavy (non-hydrogen) atoms. The first kappa shape index (κ1) is 11.7. The molecule has 0 spiro atoms. The largest absolute Gasteiger partial charge is 0.312 e. The smallest absolute Gasteiger partial charge is 0.191 e. The molecule has 3 aromatic heterocycles. The molecule has 1 aliphatic heterocycles. The lowest BCUT2D eigenvalue weighted by Gasteiger charge is -2.26. The van der Waals surface area contributed by atoms with Crippen LogP contribution in [-0.2, 0) is 7.05 Å². The zero-order chi connectivity index (χ0) is 13.5. The summed E-state index contributed by atoms with van der Waals surface area (Å²) in [4.78, 5) is 5.63. The Morgan fingerprint density at radius 3 is 3.00 bits per heavy atom. The molecule has 0 amide bonds. The van der Waals surface area contributed by atoms with Crippen molar-refractivity contribution in [1.29, 1.82) is 0 Å². The van der Waals surface area contributed by atoms with Gasteiger partial charge in [-0.25, -0.2) is 14.3 Å². The van der Waals surface area contributed by atoms with Gasteiger partial charge in [0.1, 0.15) is 5.69 Å². The number of hydrogen-bond acceptors (Lipinski definition) is 6. The van der Waals surface area contributed by atoms with Crippen molar-refractivity contribution in [3.63, 3.8) is 0 Å². The van der Waals surface area contributed by atoms with Gasteiger partial charge in [-0.05, 0) is 11.4 Å². The van der Waals surface area contributed by atoms with Crippen molar-refractivity contribution in [1.82, 2.24) is 35.1 Å². The van der Waals surface area contributed by atoms with E-state index in [1.165, 1.54) is 0 Å². The van der Waals surface area contributed by atoms with E-state index in [4.69, 9.17) is 0 Å². The standard InChI is InChI=1S/C12H13N7S/c1-18-12(14-11(16-18)10-3-2-4-20-10)9-7-19(17-15-9)8-5-13-6-8/h2-4,7-8,13H,5-6H2,1H3. The maximum Gasteiger partial charge on any atom is 0.191 e. The van der Waals surface area contributed by atoms with Crippen LogP contribution in [0.3, 0.4) is 0 Å². The van der Waals surface area contributed by atoms with Crippen LogP contribution in [0.2, 0.25) is 0 Å². The maximum atomic E-state index is 4.57. The van der Waals surface area contributed by atoms with Crippen LogP contribution in [0.15, 0.2) is 23.7 Å². The second-order valence-electron chi connectivity index (χ2n) is 4.76. The zero-order valence-electron chi connectivity index (χ0n) is 10.9. The van der Waals surface area contributed by atoms with Crippen LogP contribution >= 0.6 is 11.3 Å². The molecule has 0 atom stereocenters. The van der Waals surface area contributed by atoms with Gasteiger partial charge in [0.25, 0.3) is 0 Å². The van der Waals surface area contributed by atoms with Gasteiger partial charge in [-0.1, -0.05) is 11.3 Å². The lowest BCUT2D eigenvalue weighted by molar-refractivity contribution is 0.313.